The summed E-state index contributed by atoms with van der Waals surface area (Å²) in [5.41, 5.74) is 3.86. The van der Waals surface area contributed by atoms with Crippen LogP contribution in [0.1, 0.15) is 41.5 Å². The zero-order valence-electron chi connectivity index (χ0n) is 11.0. The first-order valence-electron chi connectivity index (χ1n) is 7.08. The molecule has 2 aliphatic rings. The van der Waals surface area contributed by atoms with E-state index in [1.54, 1.807) is 0 Å². The quantitative estimate of drug-likeness (QED) is 0.913. The van der Waals surface area contributed by atoms with Gasteiger partial charge < -0.3 is 4.98 Å². The van der Waals surface area contributed by atoms with Gasteiger partial charge in [0.25, 0.3) is 0 Å². The maximum atomic E-state index is 4.76. The van der Waals surface area contributed by atoms with Crippen molar-refractivity contribution in [3.05, 3.63) is 47.3 Å². The lowest BCUT2D eigenvalue weighted by molar-refractivity contribution is 0.240. The Morgan fingerprint density at radius 3 is 3.11 bits per heavy atom. The van der Waals surface area contributed by atoms with E-state index in [0.29, 0.717) is 5.92 Å². The standard InChI is InChI=1S/C15H18N4/c1-2-13(16-6-1)10-19-7-5-14-12(9-19)8-17-15(18-14)11-3-4-11/h1-2,6,8,11,16H,3-5,7,9-10H2. The van der Waals surface area contributed by atoms with Crippen molar-refractivity contribution in [3.8, 4) is 0 Å². The maximum Gasteiger partial charge on any atom is 0.131 e. The second-order valence-corrected chi connectivity index (χ2v) is 5.63. The lowest BCUT2D eigenvalue weighted by atomic mass is 10.1. The van der Waals surface area contributed by atoms with Crippen molar-refractivity contribution in [3.63, 3.8) is 0 Å². The van der Waals surface area contributed by atoms with Gasteiger partial charge in [0.2, 0.25) is 0 Å². The van der Waals surface area contributed by atoms with Crippen LogP contribution < -0.4 is 0 Å². The van der Waals surface area contributed by atoms with Crippen LogP contribution in [0.25, 0.3) is 0 Å². The molecule has 0 radical (unpaired) electrons. The molecule has 3 heterocycles. The predicted octanol–water partition coefficient (Wildman–Crippen LogP) is 2.24. The zero-order valence-corrected chi connectivity index (χ0v) is 11.0. The van der Waals surface area contributed by atoms with Crippen molar-refractivity contribution < 1.29 is 0 Å². The minimum absolute atomic E-state index is 0.655. The average Bonchev–Trinajstić information content (AvgIpc) is 3.17. The van der Waals surface area contributed by atoms with Gasteiger partial charge in [0.05, 0.1) is 0 Å². The number of hydrogen-bond acceptors (Lipinski definition) is 3. The van der Waals surface area contributed by atoms with E-state index in [-0.39, 0.29) is 0 Å². The van der Waals surface area contributed by atoms with Crippen molar-refractivity contribution in [2.24, 2.45) is 0 Å². The highest BCUT2D eigenvalue weighted by Crippen LogP contribution is 2.38. The fraction of sp³-hybridized carbons (Fsp3) is 0.467. The first kappa shape index (κ1) is 11.2. The molecule has 4 nitrogen and oxygen atoms in total. The molecule has 4 rings (SSSR count). The van der Waals surface area contributed by atoms with Gasteiger partial charge in [-0.3, -0.25) is 4.90 Å². The van der Waals surface area contributed by atoms with Gasteiger partial charge in [0.15, 0.2) is 0 Å². The number of hydrogen-bond donors (Lipinski definition) is 1. The molecule has 0 bridgehead atoms. The summed E-state index contributed by atoms with van der Waals surface area (Å²) < 4.78 is 0. The van der Waals surface area contributed by atoms with E-state index in [2.05, 4.69) is 33.2 Å². The van der Waals surface area contributed by atoms with Crippen molar-refractivity contribution in [1.82, 2.24) is 19.9 Å². The highest BCUT2D eigenvalue weighted by atomic mass is 15.1. The van der Waals surface area contributed by atoms with E-state index in [4.69, 9.17) is 4.98 Å². The molecule has 0 spiro atoms. The fourth-order valence-electron chi connectivity index (χ4n) is 2.77. The maximum absolute atomic E-state index is 4.76. The molecule has 0 saturated heterocycles. The second-order valence-electron chi connectivity index (χ2n) is 5.63. The molecule has 1 N–H and O–H groups in total. The monoisotopic (exact) mass is 254 g/mol. The first-order chi connectivity index (χ1) is 9.38. The minimum Gasteiger partial charge on any atom is -0.364 e. The van der Waals surface area contributed by atoms with Crippen molar-refractivity contribution in [1.29, 1.82) is 0 Å². The van der Waals surface area contributed by atoms with E-state index in [9.17, 15) is 0 Å². The third-order valence-corrected chi connectivity index (χ3v) is 4.03. The largest absolute Gasteiger partial charge is 0.364 e. The normalized spacial score (nSPS) is 19.4. The van der Waals surface area contributed by atoms with Crippen LogP contribution in [0.3, 0.4) is 0 Å². The van der Waals surface area contributed by atoms with Gasteiger partial charge in [-0.1, -0.05) is 0 Å². The third-order valence-electron chi connectivity index (χ3n) is 4.03. The predicted molar refractivity (Wildman–Crippen MR) is 72.6 cm³/mol. The Hall–Kier alpha value is -1.68. The van der Waals surface area contributed by atoms with Crippen LogP contribution in [-0.4, -0.2) is 26.4 Å². The second kappa shape index (κ2) is 4.46. The number of nitrogens with one attached hydrogen (secondary N) is 1. The van der Waals surface area contributed by atoms with Gasteiger partial charge in [-0.05, 0) is 25.0 Å². The van der Waals surface area contributed by atoms with Crippen LogP contribution in [-0.2, 0) is 19.5 Å². The number of nitrogens with zero attached hydrogens (tertiary/aromatic N) is 3. The van der Waals surface area contributed by atoms with Crippen LogP contribution in [0.4, 0.5) is 0 Å². The highest BCUT2D eigenvalue weighted by Gasteiger charge is 2.28. The molecule has 1 fully saturated rings. The highest BCUT2D eigenvalue weighted by molar-refractivity contribution is 5.22. The van der Waals surface area contributed by atoms with Gasteiger partial charge in [-0.15, -0.1) is 0 Å². The molecular weight excluding hydrogens is 236 g/mol. The van der Waals surface area contributed by atoms with Gasteiger partial charge in [-0.2, -0.15) is 0 Å². The van der Waals surface area contributed by atoms with E-state index < -0.39 is 0 Å². The average molecular weight is 254 g/mol. The number of H-pyrrole nitrogens is 1. The van der Waals surface area contributed by atoms with Crippen LogP contribution in [0.5, 0.6) is 0 Å². The summed E-state index contributed by atoms with van der Waals surface area (Å²) in [6.07, 6.45) is 7.64. The molecule has 2 aromatic heterocycles. The summed E-state index contributed by atoms with van der Waals surface area (Å²) in [6.45, 7) is 3.04. The fourth-order valence-corrected chi connectivity index (χ4v) is 2.77. The lowest BCUT2D eigenvalue weighted by Crippen LogP contribution is -2.31. The molecule has 1 aliphatic heterocycles. The Labute approximate surface area is 112 Å². The minimum atomic E-state index is 0.655. The Bertz CT molecular complexity index is 572. The molecule has 0 unspecified atom stereocenters. The lowest BCUT2D eigenvalue weighted by Gasteiger charge is -2.27. The molecule has 19 heavy (non-hydrogen) atoms. The molecule has 0 aromatic carbocycles. The summed E-state index contributed by atoms with van der Waals surface area (Å²) in [4.78, 5) is 15.0. The SMILES string of the molecule is c1c[nH]c(CN2CCc3nc(C4CC4)ncc3C2)c1. The zero-order chi connectivity index (χ0) is 12.7. The summed E-state index contributed by atoms with van der Waals surface area (Å²) >= 11 is 0. The van der Waals surface area contributed by atoms with Crippen LogP contribution in [0.2, 0.25) is 0 Å². The Kier molecular flexibility index (Phi) is 2.62. The Morgan fingerprint density at radius 1 is 1.37 bits per heavy atom. The number of rotatable bonds is 3. The molecular formula is C15H18N4. The number of fused-ring (bicyclic) bond motifs is 1. The summed E-state index contributed by atoms with van der Waals surface area (Å²) in [7, 11) is 0. The van der Waals surface area contributed by atoms with Crippen LogP contribution in [0, 0.1) is 0 Å². The van der Waals surface area contributed by atoms with Gasteiger partial charge >= 0.3 is 0 Å². The molecule has 4 heteroatoms. The molecule has 1 saturated carbocycles. The molecule has 0 amide bonds. The Balaban J connectivity index is 1.50. The van der Waals surface area contributed by atoms with Crippen molar-refractivity contribution in [2.75, 3.05) is 6.54 Å². The summed E-state index contributed by atoms with van der Waals surface area (Å²) in [6, 6.07) is 4.19. The first-order valence-corrected chi connectivity index (χ1v) is 7.08. The number of aromatic amines is 1. The van der Waals surface area contributed by atoms with Gasteiger partial charge in [0.1, 0.15) is 5.82 Å². The van der Waals surface area contributed by atoms with E-state index in [0.717, 1.165) is 31.9 Å². The Morgan fingerprint density at radius 2 is 2.32 bits per heavy atom. The van der Waals surface area contributed by atoms with Gasteiger partial charge in [0, 0.05) is 61.3 Å². The van der Waals surface area contributed by atoms with Crippen molar-refractivity contribution in [2.45, 2.75) is 38.3 Å². The van der Waals surface area contributed by atoms with Crippen LogP contribution in [0.15, 0.2) is 24.5 Å². The van der Waals surface area contributed by atoms with Crippen LogP contribution >= 0.6 is 0 Å². The smallest absolute Gasteiger partial charge is 0.131 e. The summed E-state index contributed by atoms with van der Waals surface area (Å²) in [5.74, 6) is 1.74. The summed E-state index contributed by atoms with van der Waals surface area (Å²) in [5, 5.41) is 0. The number of aromatic nitrogens is 3. The van der Waals surface area contributed by atoms with E-state index in [1.165, 1.54) is 29.8 Å². The van der Waals surface area contributed by atoms with E-state index >= 15 is 0 Å². The van der Waals surface area contributed by atoms with Crippen molar-refractivity contribution >= 4 is 0 Å². The molecule has 2 aromatic rings. The molecule has 1 aliphatic carbocycles. The molecule has 0 atom stereocenters. The topological polar surface area (TPSA) is 44.8 Å². The van der Waals surface area contributed by atoms with E-state index in [1.807, 2.05) is 6.20 Å². The molecule has 98 valence electrons. The third kappa shape index (κ3) is 2.28. The van der Waals surface area contributed by atoms with Gasteiger partial charge in [-0.25, -0.2) is 9.97 Å².